The molecule has 0 radical (unpaired) electrons. The summed E-state index contributed by atoms with van der Waals surface area (Å²) in [5, 5.41) is 32.1. The molecule has 0 unspecified atom stereocenters. The number of carbonyl (C=O) groups is 1. The van der Waals surface area contributed by atoms with Crippen molar-refractivity contribution in [1.82, 2.24) is 35.4 Å². The van der Waals surface area contributed by atoms with Crippen LogP contribution in [0.15, 0.2) is 55.1 Å². The summed E-state index contributed by atoms with van der Waals surface area (Å²) in [5.41, 5.74) is 8.10. The Morgan fingerprint density at radius 3 is 2.84 bits per heavy atom. The highest BCUT2D eigenvalue weighted by molar-refractivity contribution is 6.35. The van der Waals surface area contributed by atoms with Gasteiger partial charge in [0.05, 0.1) is 40.3 Å². The molecule has 0 atom stereocenters. The summed E-state index contributed by atoms with van der Waals surface area (Å²) in [6.45, 7) is 1.43. The van der Waals surface area contributed by atoms with Gasteiger partial charge in [0.15, 0.2) is 0 Å². The molecule has 5 rings (SSSR count). The first-order valence-corrected chi connectivity index (χ1v) is 11.9. The van der Waals surface area contributed by atoms with Crippen LogP contribution >= 0.6 is 11.6 Å². The fourth-order valence-electron chi connectivity index (χ4n) is 4.08. The number of carbonyl (C=O) groups excluding carboxylic acids is 1. The molecule has 13 heteroatoms. The van der Waals surface area contributed by atoms with E-state index < -0.39 is 11.5 Å². The number of hydrogen-bond donors (Lipinski definition) is 4. The fourth-order valence-corrected chi connectivity index (χ4v) is 4.24. The minimum absolute atomic E-state index is 0.159. The normalized spacial score (nSPS) is 15.5. The zero-order valence-electron chi connectivity index (χ0n) is 19.6. The third kappa shape index (κ3) is 5.50. The first kappa shape index (κ1) is 24.6. The molecule has 0 saturated carbocycles. The predicted octanol–water partition coefficient (Wildman–Crippen LogP) is 2.26. The third-order valence-corrected chi connectivity index (χ3v) is 6.44. The molecule has 1 fully saturated rings. The average molecular weight is 522 g/mol. The van der Waals surface area contributed by atoms with Crippen LogP contribution in [0, 0.1) is 0 Å². The number of tetrazole rings is 1. The molecule has 0 spiro atoms. The van der Waals surface area contributed by atoms with Crippen LogP contribution in [0.4, 0.5) is 5.69 Å². The van der Waals surface area contributed by atoms with Gasteiger partial charge < -0.3 is 20.9 Å². The molecule has 1 saturated heterocycles. The highest BCUT2D eigenvalue weighted by atomic mass is 35.5. The summed E-state index contributed by atoms with van der Waals surface area (Å²) in [6.07, 6.45) is 7.46. The van der Waals surface area contributed by atoms with Gasteiger partial charge in [0.2, 0.25) is 5.82 Å². The maximum atomic E-state index is 13.1. The number of nitrogens with zero attached hydrogens (tertiary/aromatic N) is 6. The number of ether oxygens (including phenoxy) is 1. The van der Waals surface area contributed by atoms with Gasteiger partial charge in [0.1, 0.15) is 0 Å². The molecular formula is C24H24ClN9O3. The van der Waals surface area contributed by atoms with Gasteiger partial charge in [-0.3, -0.25) is 14.5 Å². The number of anilines is 1. The van der Waals surface area contributed by atoms with E-state index in [1.165, 1.54) is 6.20 Å². The maximum Gasteiger partial charge on any atom is 0.259 e. The summed E-state index contributed by atoms with van der Waals surface area (Å²) < 4.78 is 7.06. The van der Waals surface area contributed by atoms with Crippen LogP contribution in [0.25, 0.3) is 28.1 Å². The zero-order valence-corrected chi connectivity index (χ0v) is 20.4. The quantitative estimate of drug-likeness (QED) is 0.266. The average Bonchev–Trinajstić information content (AvgIpc) is 3.59. The molecule has 5 N–H and O–H groups in total. The van der Waals surface area contributed by atoms with Gasteiger partial charge in [-0.05, 0) is 41.1 Å². The minimum atomic E-state index is -0.846. The van der Waals surface area contributed by atoms with Crippen LogP contribution in [0.2, 0.25) is 5.02 Å². The Bertz CT molecular complexity index is 1430. The van der Waals surface area contributed by atoms with Crippen LogP contribution in [0.1, 0.15) is 18.5 Å². The molecule has 1 aromatic carbocycles. The van der Waals surface area contributed by atoms with Crippen molar-refractivity contribution in [3.8, 4) is 22.5 Å². The molecule has 0 bridgehead atoms. The lowest BCUT2D eigenvalue weighted by molar-refractivity contribution is -0.111. The van der Waals surface area contributed by atoms with E-state index in [2.05, 4.69) is 36.0 Å². The number of pyridine rings is 1. The Hall–Kier alpha value is -4.13. The molecule has 4 heterocycles. The maximum absolute atomic E-state index is 13.1. The Kier molecular flexibility index (Phi) is 6.95. The standard InChI is InChI=1S/C24H24ClN9O3/c25-19-2-1-16(22-30-32-33-31-22)10-21(19)29-23(35)18(11-26)20-9-15(3-6-27-20)17-12-28-34(13-17)14-24(36)4-7-37-8-5-24/h1-3,6,9-13,36H,4-5,7-8,14,26H2,(H,29,35)(H,30,31,32,33)/b18-11+. The summed E-state index contributed by atoms with van der Waals surface area (Å²) in [7, 11) is 0. The fraction of sp³-hybridized carbons (Fsp3) is 0.250. The van der Waals surface area contributed by atoms with Crippen LogP contribution in [0.3, 0.4) is 0 Å². The van der Waals surface area contributed by atoms with Crippen molar-refractivity contribution in [3.05, 3.63) is 65.8 Å². The number of aromatic amines is 1. The second kappa shape index (κ2) is 10.5. The zero-order chi connectivity index (χ0) is 25.8. The molecule has 4 aromatic rings. The first-order valence-electron chi connectivity index (χ1n) is 11.5. The number of amides is 1. The van der Waals surface area contributed by atoms with Crippen molar-refractivity contribution in [1.29, 1.82) is 0 Å². The SMILES string of the molecule is N/C=C(/C(=O)Nc1cc(-c2nn[nH]n2)ccc1Cl)c1cc(-c2cnn(CC3(O)CCOCC3)c2)ccn1. The second-order valence-corrected chi connectivity index (χ2v) is 9.06. The van der Waals surface area contributed by atoms with E-state index in [4.69, 9.17) is 22.1 Å². The molecule has 3 aromatic heterocycles. The largest absolute Gasteiger partial charge is 0.404 e. The highest BCUT2D eigenvalue weighted by Gasteiger charge is 2.30. The van der Waals surface area contributed by atoms with Crippen molar-refractivity contribution in [2.45, 2.75) is 25.0 Å². The van der Waals surface area contributed by atoms with Gasteiger partial charge in [0.25, 0.3) is 5.91 Å². The molecule has 1 amide bonds. The molecule has 0 aliphatic carbocycles. The Morgan fingerprint density at radius 1 is 1.24 bits per heavy atom. The van der Waals surface area contributed by atoms with Crippen molar-refractivity contribution in [3.63, 3.8) is 0 Å². The number of benzene rings is 1. The minimum Gasteiger partial charge on any atom is -0.404 e. The molecule has 37 heavy (non-hydrogen) atoms. The summed E-state index contributed by atoms with van der Waals surface area (Å²) in [5.74, 6) is -0.127. The Labute approximate surface area is 216 Å². The summed E-state index contributed by atoms with van der Waals surface area (Å²) in [6, 6.07) is 8.55. The van der Waals surface area contributed by atoms with Crippen LogP contribution in [-0.2, 0) is 16.1 Å². The lowest BCUT2D eigenvalue weighted by atomic mass is 9.94. The van der Waals surface area contributed by atoms with Crippen molar-refractivity contribution < 1.29 is 14.6 Å². The Morgan fingerprint density at radius 2 is 2.08 bits per heavy atom. The smallest absolute Gasteiger partial charge is 0.259 e. The van der Waals surface area contributed by atoms with Crippen LogP contribution in [-0.4, -0.2) is 65.2 Å². The van der Waals surface area contributed by atoms with E-state index in [0.29, 0.717) is 60.4 Å². The van der Waals surface area contributed by atoms with Crippen molar-refractivity contribution in [2.24, 2.45) is 5.73 Å². The molecule has 1 aliphatic heterocycles. The number of nitrogens with two attached hydrogens (primary N) is 1. The van der Waals surface area contributed by atoms with Gasteiger partial charge in [-0.15, -0.1) is 10.2 Å². The van der Waals surface area contributed by atoms with E-state index in [1.807, 2.05) is 12.3 Å². The van der Waals surface area contributed by atoms with E-state index in [9.17, 15) is 9.90 Å². The molecule has 190 valence electrons. The van der Waals surface area contributed by atoms with Crippen molar-refractivity contribution >= 4 is 28.8 Å². The first-order chi connectivity index (χ1) is 17.9. The summed E-state index contributed by atoms with van der Waals surface area (Å²) >= 11 is 6.30. The van der Waals surface area contributed by atoms with Crippen LogP contribution < -0.4 is 11.1 Å². The summed E-state index contributed by atoms with van der Waals surface area (Å²) in [4.78, 5) is 17.5. The molecule has 12 nitrogen and oxygen atoms in total. The van der Waals surface area contributed by atoms with E-state index >= 15 is 0 Å². The van der Waals surface area contributed by atoms with Gasteiger partial charge in [-0.25, -0.2) is 0 Å². The van der Waals surface area contributed by atoms with E-state index in [1.54, 1.807) is 41.3 Å². The van der Waals surface area contributed by atoms with E-state index in [0.717, 1.165) is 11.1 Å². The number of H-pyrrole nitrogens is 1. The van der Waals surface area contributed by atoms with Crippen LogP contribution in [0.5, 0.6) is 0 Å². The second-order valence-electron chi connectivity index (χ2n) is 8.66. The number of halogens is 1. The highest BCUT2D eigenvalue weighted by Crippen LogP contribution is 2.29. The van der Waals surface area contributed by atoms with E-state index in [-0.39, 0.29) is 5.57 Å². The van der Waals surface area contributed by atoms with Gasteiger partial charge >= 0.3 is 0 Å². The number of rotatable bonds is 7. The Balaban J connectivity index is 1.34. The van der Waals surface area contributed by atoms with Gasteiger partial charge in [-0.1, -0.05) is 11.6 Å². The lowest BCUT2D eigenvalue weighted by Crippen LogP contribution is -2.40. The molecule has 1 aliphatic rings. The number of aliphatic hydroxyl groups is 1. The van der Waals surface area contributed by atoms with Gasteiger partial charge in [-0.2, -0.15) is 10.3 Å². The number of hydrogen-bond acceptors (Lipinski definition) is 9. The topological polar surface area (TPSA) is 170 Å². The third-order valence-electron chi connectivity index (χ3n) is 6.11. The molecular weight excluding hydrogens is 498 g/mol. The van der Waals surface area contributed by atoms with Gasteiger partial charge in [0, 0.05) is 55.8 Å². The lowest BCUT2D eigenvalue weighted by Gasteiger charge is -2.31. The monoisotopic (exact) mass is 521 g/mol. The number of aromatic nitrogens is 7. The number of nitrogens with one attached hydrogen (secondary N) is 2. The predicted molar refractivity (Wildman–Crippen MR) is 136 cm³/mol. The van der Waals surface area contributed by atoms with Crippen molar-refractivity contribution in [2.75, 3.05) is 18.5 Å².